The Kier molecular flexibility index (Phi) is 3.53. The highest BCUT2D eigenvalue weighted by Crippen LogP contribution is 2.28. The zero-order valence-electron chi connectivity index (χ0n) is 11.0. The highest BCUT2D eigenvalue weighted by molar-refractivity contribution is 7.17. The molecule has 1 saturated heterocycles. The van der Waals surface area contributed by atoms with Crippen molar-refractivity contribution >= 4 is 27.4 Å². The lowest BCUT2D eigenvalue weighted by molar-refractivity contribution is -0.144. The first-order chi connectivity index (χ1) is 9.28. The molecule has 0 spiro atoms. The molecule has 1 aliphatic rings. The largest absolute Gasteiger partial charge is 0.469 e. The van der Waals surface area contributed by atoms with Crippen LogP contribution >= 0.6 is 11.3 Å². The number of carbonyl (C=O) groups is 1. The number of likely N-dealkylation sites (tertiary alicyclic amines) is 1. The van der Waals surface area contributed by atoms with Crippen molar-refractivity contribution in [2.24, 2.45) is 5.92 Å². The minimum Gasteiger partial charge on any atom is -0.469 e. The summed E-state index contributed by atoms with van der Waals surface area (Å²) in [6.45, 7) is 2.72. The van der Waals surface area contributed by atoms with E-state index in [-0.39, 0.29) is 11.9 Å². The van der Waals surface area contributed by atoms with Crippen LogP contribution in [0.15, 0.2) is 29.6 Å². The maximum atomic E-state index is 11.5. The summed E-state index contributed by atoms with van der Waals surface area (Å²) in [6.07, 6.45) is 0.911. The molecule has 3 nitrogen and oxygen atoms in total. The molecule has 3 rings (SSSR count). The van der Waals surface area contributed by atoms with Gasteiger partial charge < -0.3 is 4.74 Å². The zero-order chi connectivity index (χ0) is 13.2. The Balaban J connectivity index is 1.71. The predicted octanol–water partition coefficient (Wildman–Crippen LogP) is 2.90. The van der Waals surface area contributed by atoms with E-state index in [0.717, 1.165) is 26.1 Å². The Labute approximate surface area is 116 Å². The van der Waals surface area contributed by atoms with E-state index in [1.807, 2.05) is 0 Å². The third-order valence-electron chi connectivity index (χ3n) is 3.76. The van der Waals surface area contributed by atoms with Crippen molar-refractivity contribution in [1.29, 1.82) is 0 Å². The standard InChI is InChI=1S/C15H17NO2S/c1-18-15(17)11-6-7-16(8-11)9-12-10-19-14-5-3-2-4-13(12)14/h2-5,10-11H,6-9H2,1H3. The van der Waals surface area contributed by atoms with Crippen molar-refractivity contribution in [3.05, 3.63) is 35.2 Å². The first kappa shape index (κ1) is 12.6. The summed E-state index contributed by atoms with van der Waals surface area (Å²) in [5.74, 6) is -0.0208. The summed E-state index contributed by atoms with van der Waals surface area (Å²) >= 11 is 1.79. The number of ether oxygens (including phenoxy) is 1. The molecule has 0 N–H and O–H groups in total. The summed E-state index contributed by atoms with van der Waals surface area (Å²) in [7, 11) is 1.47. The number of esters is 1. The van der Waals surface area contributed by atoms with Gasteiger partial charge in [0.1, 0.15) is 0 Å². The second-order valence-electron chi connectivity index (χ2n) is 5.00. The van der Waals surface area contributed by atoms with E-state index < -0.39 is 0 Å². The van der Waals surface area contributed by atoms with Crippen LogP contribution in [0.1, 0.15) is 12.0 Å². The molecule has 0 bridgehead atoms. The van der Waals surface area contributed by atoms with Gasteiger partial charge >= 0.3 is 5.97 Å². The van der Waals surface area contributed by atoms with Crippen LogP contribution in [0, 0.1) is 5.92 Å². The summed E-state index contributed by atoms with van der Waals surface area (Å²) in [5.41, 5.74) is 1.37. The molecule has 0 saturated carbocycles. The van der Waals surface area contributed by atoms with Crippen molar-refractivity contribution in [2.45, 2.75) is 13.0 Å². The van der Waals surface area contributed by atoms with Gasteiger partial charge in [0.25, 0.3) is 0 Å². The van der Waals surface area contributed by atoms with Crippen molar-refractivity contribution in [3.63, 3.8) is 0 Å². The maximum absolute atomic E-state index is 11.5. The van der Waals surface area contributed by atoms with Crippen molar-refractivity contribution in [3.8, 4) is 0 Å². The molecule has 1 aliphatic heterocycles. The molecule has 1 fully saturated rings. The Hall–Kier alpha value is -1.39. The van der Waals surface area contributed by atoms with E-state index in [1.54, 1.807) is 11.3 Å². The first-order valence-electron chi connectivity index (χ1n) is 6.53. The fourth-order valence-electron chi connectivity index (χ4n) is 2.73. The molecule has 0 aliphatic carbocycles. The van der Waals surface area contributed by atoms with Gasteiger partial charge in [-0.25, -0.2) is 0 Å². The minimum absolute atomic E-state index is 0.0508. The molecule has 1 atom stereocenters. The zero-order valence-corrected chi connectivity index (χ0v) is 11.8. The summed E-state index contributed by atoms with van der Waals surface area (Å²) in [4.78, 5) is 13.9. The molecule has 19 heavy (non-hydrogen) atoms. The Morgan fingerprint density at radius 3 is 3.16 bits per heavy atom. The second-order valence-corrected chi connectivity index (χ2v) is 5.91. The molecule has 2 heterocycles. The van der Waals surface area contributed by atoms with Gasteiger partial charge in [-0.05, 0) is 35.4 Å². The lowest BCUT2D eigenvalue weighted by Gasteiger charge is -2.14. The van der Waals surface area contributed by atoms with E-state index >= 15 is 0 Å². The third kappa shape index (κ3) is 2.51. The van der Waals surface area contributed by atoms with Crippen LogP contribution in [0.2, 0.25) is 0 Å². The number of thiophene rings is 1. The third-order valence-corrected chi connectivity index (χ3v) is 4.77. The molecule has 1 unspecified atom stereocenters. The van der Waals surface area contributed by atoms with Gasteiger partial charge in [-0.3, -0.25) is 9.69 Å². The molecule has 2 aromatic rings. The Morgan fingerprint density at radius 2 is 2.32 bits per heavy atom. The molecular formula is C15H17NO2S. The quantitative estimate of drug-likeness (QED) is 0.807. The van der Waals surface area contributed by atoms with Crippen LogP contribution in [-0.2, 0) is 16.1 Å². The topological polar surface area (TPSA) is 29.5 Å². The predicted molar refractivity (Wildman–Crippen MR) is 77.2 cm³/mol. The van der Waals surface area contributed by atoms with Crippen molar-refractivity contribution in [2.75, 3.05) is 20.2 Å². The fourth-order valence-corrected chi connectivity index (χ4v) is 3.69. The van der Waals surface area contributed by atoms with Crippen LogP contribution in [0.4, 0.5) is 0 Å². The number of nitrogens with zero attached hydrogens (tertiary/aromatic N) is 1. The normalized spacial score (nSPS) is 19.9. The van der Waals surface area contributed by atoms with Crippen LogP contribution in [0.25, 0.3) is 10.1 Å². The van der Waals surface area contributed by atoms with E-state index in [0.29, 0.717) is 0 Å². The van der Waals surface area contributed by atoms with E-state index in [2.05, 4.69) is 34.5 Å². The van der Waals surface area contributed by atoms with Gasteiger partial charge in [-0.2, -0.15) is 0 Å². The van der Waals surface area contributed by atoms with Gasteiger partial charge in [-0.15, -0.1) is 11.3 Å². The molecule has 1 aromatic carbocycles. The molecule has 0 amide bonds. The average Bonchev–Trinajstić information content (AvgIpc) is 3.06. The number of carbonyl (C=O) groups excluding carboxylic acids is 1. The highest BCUT2D eigenvalue weighted by Gasteiger charge is 2.29. The van der Waals surface area contributed by atoms with Crippen LogP contribution < -0.4 is 0 Å². The molecular weight excluding hydrogens is 258 g/mol. The highest BCUT2D eigenvalue weighted by atomic mass is 32.1. The summed E-state index contributed by atoms with van der Waals surface area (Å²) < 4.78 is 6.16. The van der Waals surface area contributed by atoms with E-state index in [1.165, 1.54) is 22.8 Å². The summed E-state index contributed by atoms with van der Waals surface area (Å²) in [5, 5.41) is 3.57. The average molecular weight is 275 g/mol. The van der Waals surface area contributed by atoms with E-state index in [9.17, 15) is 4.79 Å². The SMILES string of the molecule is COC(=O)C1CCN(Cc2csc3ccccc23)C1. The Bertz CT molecular complexity index is 593. The van der Waals surface area contributed by atoms with Gasteiger partial charge in [-0.1, -0.05) is 18.2 Å². The molecule has 0 radical (unpaired) electrons. The van der Waals surface area contributed by atoms with Gasteiger partial charge in [0, 0.05) is 17.8 Å². The van der Waals surface area contributed by atoms with Crippen LogP contribution in [-0.4, -0.2) is 31.1 Å². The van der Waals surface area contributed by atoms with Gasteiger partial charge in [0.2, 0.25) is 0 Å². The number of methoxy groups -OCH3 is 1. The van der Waals surface area contributed by atoms with Crippen LogP contribution in [0.5, 0.6) is 0 Å². The molecule has 1 aromatic heterocycles. The number of rotatable bonds is 3. The van der Waals surface area contributed by atoms with Crippen molar-refractivity contribution < 1.29 is 9.53 Å². The number of fused-ring (bicyclic) bond motifs is 1. The van der Waals surface area contributed by atoms with Crippen molar-refractivity contribution in [1.82, 2.24) is 4.90 Å². The number of hydrogen-bond donors (Lipinski definition) is 0. The second kappa shape index (κ2) is 5.31. The van der Waals surface area contributed by atoms with Gasteiger partial charge in [0.15, 0.2) is 0 Å². The fraction of sp³-hybridized carbons (Fsp3) is 0.400. The van der Waals surface area contributed by atoms with Gasteiger partial charge in [0.05, 0.1) is 13.0 Å². The maximum Gasteiger partial charge on any atom is 0.310 e. The van der Waals surface area contributed by atoms with Crippen LogP contribution in [0.3, 0.4) is 0 Å². The number of hydrogen-bond acceptors (Lipinski definition) is 4. The lowest BCUT2D eigenvalue weighted by atomic mass is 10.1. The first-order valence-corrected chi connectivity index (χ1v) is 7.41. The molecule has 100 valence electrons. The monoisotopic (exact) mass is 275 g/mol. The smallest absolute Gasteiger partial charge is 0.310 e. The Morgan fingerprint density at radius 1 is 1.47 bits per heavy atom. The molecule has 4 heteroatoms. The number of benzene rings is 1. The lowest BCUT2D eigenvalue weighted by Crippen LogP contribution is -2.23. The van der Waals surface area contributed by atoms with E-state index in [4.69, 9.17) is 4.74 Å². The summed E-state index contributed by atoms with van der Waals surface area (Å²) in [6, 6.07) is 8.49. The minimum atomic E-state index is -0.0716.